The summed E-state index contributed by atoms with van der Waals surface area (Å²) in [5.41, 5.74) is 0. The highest BCUT2D eigenvalue weighted by Crippen LogP contribution is 2.15. The first kappa shape index (κ1) is 8.99. The molecule has 0 radical (unpaired) electrons. The van der Waals surface area contributed by atoms with E-state index in [0.717, 1.165) is 0 Å². The standard InChI is InChI=1S/C7H11N3O2/c1-3-5(4(2)11)6-8-7(12)10-9-6/h4-5,11H,3H2,1-2H3/t4-,5+/m0/s1. The van der Waals surface area contributed by atoms with Crippen LogP contribution in [-0.4, -0.2) is 23.1 Å². The normalized spacial score (nSPS) is 20.9. The monoisotopic (exact) mass is 169 g/mol. The first-order valence-electron chi connectivity index (χ1n) is 3.87. The molecule has 66 valence electrons. The van der Waals surface area contributed by atoms with E-state index in [4.69, 9.17) is 0 Å². The number of nitrogens with zero attached hydrogens (tertiary/aromatic N) is 3. The lowest BCUT2D eigenvalue weighted by Gasteiger charge is -2.13. The van der Waals surface area contributed by atoms with Crippen LogP contribution in [0.2, 0.25) is 0 Å². The van der Waals surface area contributed by atoms with E-state index in [1.807, 2.05) is 6.92 Å². The third-order valence-electron chi connectivity index (χ3n) is 1.80. The number of azo groups is 1. The highest BCUT2D eigenvalue weighted by atomic mass is 16.3. The molecule has 0 fully saturated rings. The van der Waals surface area contributed by atoms with Gasteiger partial charge in [0.15, 0.2) is 5.84 Å². The van der Waals surface area contributed by atoms with E-state index < -0.39 is 12.1 Å². The van der Waals surface area contributed by atoms with E-state index in [2.05, 4.69) is 15.2 Å². The fourth-order valence-electron chi connectivity index (χ4n) is 1.13. The number of amides is 2. The number of amidine groups is 1. The summed E-state index contributed by atoms with van der Waals surface area (Å²) in [7, 11) is 0. The molecule has 0 aliphatic carbocycles. The molecule has 0 saturated heterocycles. The Morgan fingerprint density at radius 1 is 1.50 bits per heavy atom. The van der Waals surface area contributed by atoms with Crippen molar-refractivity contribution in [3.05, 3.63) is 0 Å². The summed E-state index contributed by atoms with van der Waals surface area (Å²) in [4.78, 5) is 14.1. The lowest BCUT2D eigenvalue weighted by atomic mass is 10.00. The van der Waals surface area contributed by atoms with Crippen molar-refractivity contribution in [2.75, 3.05) is 0 Å². The van der Waals surface area contributed by atoms with Gasteiger partial charge in [0.05, 0.1) is 6.10 Å². The van der Waals surface area contributed by atoms with Gasteiger partial charge >= 0.3 is 6.03 Å². The summed E-state index contributed by atoms with van der Waals surface area (Å²) in [6, 6.07) is -0.580. The zero-order valence-corrected chi connectivity index (χ0v) is 7.06. The van der Waals surface area contributed by atoms with Crippen molar-refractivity contribution in [3.8, 4) is 0 Å². The number of aliphatic imine (C=N–C) groups is 1. The smallest absolute Gasteiger partial charge is 0.387 e. The van der Waals surface area contributed by atoms with Gasteiger partial charge in [-0.25, -0.2) is 4.79 Å². The van der Waals surface area contributed by atoms with Gasteiger partial charge in [0.1, 0.15) is 0 Å². The summed E-state index contributed by atoms with van der Waals surface area (Å²) in [6.07, 6.45) is 0.154. The van der Waals surface area contributed by atoms with Crippen LogP contribution >= 0.6 is 0 Å². The summed E-state index contributed by atoms with van der Waals surface area (Å²) in [6.45, 7) is 3.55. The molecule has 2 atom stereocenters. The molecule has 0 spiro atoms. The second-order valence-corrected chi connectivity index (χ2v) is 2.71. The molecule has 0 aromatic heterocycles. The fourth-order valence-corrected chi connectivity index (χ4v) is 1.13. The van der Waals surface area contributed by atoms with Gasteiger partial charge in [-0.3, -0.25) is 0 Å². The maximum Gasteiger partial charge on any atom is 0.387 e. The van der Waals surface area contributed by atoms with Crippen LogP contribution in [0.3, 0.4) is 0 Å². The van der Waals surface area contributed by atoms with Crippen molar-refractivity contribution < 1.29 is 9.90 Å². The number of aliphatic hydroxyl groups excluding tert-OH is 1. The van der Waals surface area contributed by atoms with Crippen molar-refractivity contribution in [2.45, 2.75) is 26.4 Å². The van der Waals surface area contributed by atoms with Gasteiger partial charge in [0.2, 0.25) is 0 Å². The van der Waals surface area contributed by atoms with E-state index in [1.54, 1.807) is 6.92 Å². The van der Waals surface area contributed by atoms with Gasteiger partial charge < -0.3 is 5.11 Å². The molecule has 5 nitrogen and oxygen atoms in total. The average Bonchev–Trinajstić information content (AvgIpc) is 2.37. The Labute approximate surface area is 70.2 Å². The first-order valence-corrected chi connectivity index (χ1v) is 3.87. The Morgan fingerprint density at radius 2 is 2.17 bits per heavy atom. The van der Waals surface area contributed by atoms with Crippen LogP contribution in [0, 0.1) is 5.92 Å². The van der Waals surface area contributed by atoms with Gasteiger partial charge in [0.25, 0.3) is 0 Å². The molecule has 1 rings (SSSR count). The number of carbonyl (C=O) groups is 1. The first-order chi connectivity index (χ1) is 5.65. The summed E-state index contributed by atoms with van der Waals surface area (Å²) < 4.78 is 0. The molecule has 0 unspecified atom stereocenters. The van der Waals surface area contributed by atoms with Crippen molar-refractivity contribution >= 4 is 11.9 Å². The van der Waals surface area contributed by atoms with Crippen LogP contribution in [0.1, 0.15) is 20.3 Å². The summed E-state index contributed by atoms with van der Waals surface area (Å²) in [5, 5.41) is 16.1. The highest BCUT2D eigenvalue weighted by Gasteiger charge is 2.23. The molecule has 1 N–H and O–H groups in total. The van der Waals surface area contributed by atoms with Crippen molar-refractivity contribution in [3.63, 3.8) is 0 Å². The molecule has 12 heavy (non-hydrogen) atoms. The third-order valence-corrected chi connectivity index (χ3v) is 1.80. The van der Waals surface area contributed by atoms with Gasteiger partial charge in [-0.2, -0.15) is 4.99 Å². The van der Waals surface area contributed by atoms with Crippen LogP contribution < -0.4 is 0 Å². The molecule has 1 heterocycles. The zero-order valence-electron chi connectivity index (χ0n) is 7.06. The zero-order chi connectivity index (χ0) is 9.14. The van der Waals surface area contributed by atoms with E-state index in [-0.39, 0.29) is 5.92 Å². The van der Waals surface area contributed by atoms with Gasteiger partial charge in [-0.1, -0.05) is 12.0 Å². The quantitative estimate of drug-likeness (QED) is 0.692. The summed E-state index contributed by atoms with van der Waals surface area (Å²) >= 11 is 0. The predicted octanol–water partition coefficient (Wildman–Crippen LogP) is 1.38. The minimum absolute atomic E-state index is 0.180. The van der Waals surface area contributed by atoms with E-state index in [0.29, 0.717) is 12.3 Å². The maximum atomic E-state index is 10.6. The lowest BCUT2D eigenvalue weighted by molar-refractivity contribution is 0.155. The molecular formula is C7H11N3O2. The number of aliphatic hydroxyl groups is 1. The van der Waals surface area contributed by atoms with Crippen molar-refractivity contribution in [1.29, 1.82) is 0 Å². The fraction of sp³-hybridized carbons (Fsp3) is 0.714. The largest absolute Gasteiger partial charge is 0.393 e. The minimum atomic E-state index is -0.580. The van der Waals surface area contributed by atoms with Crippen LogP contribution in [0.25, 0.3) is 0 Å². The minimum Gasteiger partial charge on any atom is -0.393 e. The molecule has 0 aromatic rings. The number of urea groups is 1. The third kappa shape index (κ3) is 1.73. The SMILES string of the molecule is CC[C@@H](C1=NC(=O)N=N1)[C@H](C)O. The van der Waals surface area contributed by atoms with Crippen molar-refractivity contribution in [1.82, 2.24) is 0 Å². The van der Waals surface area contributed by atoms with Gasteiger partial charge in [-0.05, 0) is 13.3 Å². The van der Waals surface area contributed by atoms with Crippen molar-refractivity contribution in [2.24, 2.45) is 21.1 Å². The Kier molecular flexibility index (Phi) is 2.65. The number of hydrogen-bond acceptors (Lipinski definition) is 3. The number of rotatable bonds is 3. The Hall–Kier alpha value is -1.10. The second kappa shape index (κ2) is 3.53. The average molecular weight is 169 g/mol. The molecule has 0 aromatic carbocycles. The summed E-state index contributed by atoms with van der Waals surface area (Å²) in [5.74, 6) is 0.165. The lowest BCUT2D eigenvalue weighted by Crippen LogP contribution is -2.23. The maximum absolute atomic E-state index is 10.6. The van der Waals surface area contributed by atoms with Crippen LogP contribution in [-0.2, 0) is 0 Å². The van der Waals surface area contributed by atoms with Crippen LogP contribution in [0.4, 0.5) is 4.79 Å². The molecular weight excluding hydrogens is 158 g/mol. The van der Waals surface area contributed by atoms with Crippen LogP contribution in [0.5, 0.6) is 0 Å². The molecule has 1 aliphatic heterocycles. The molecule has 0 saturated carbocycles. The molecule has 2 amide bonds. The Bertz CT molecular complexity index is 245. The predicted molar refractivity (Wildman–Crippen MR) is 43.1 cm³/mol. The topological polar surface area (TPSA) is 74.4 Å². The molecule has 5 heteroatoms. The number of carbonyl (C=O) groups excluding carboxylic acids is 1. The van der Waals surface area contributed by atoms with E-state index >= 15 is 0 Å². The Morgan fingerprint density at radius 3 is 2.50 bits per heavy atom. The highest BCUT2D eigenvalue weighted by molar-refractivity contribution is 5.99. The Balaban J connectivity index is 2.74. The van der Waals surface area contributed by atoms with Crippen LogP contribution in [0.15, 0.2) is 15.2 Å². The van der Waals surface area contributed by atoms with Gasteiger partial charge in [-0.15, -0.1) is 5.11 Å². The second-order valence-electron chi connectivity index (χ2n) is 2.71. The van der Waals surface area contributed by atoms with Gasteiger partial charge in [0, 0.05) is 5.92 Å². The van der Waals surface area contributed by atoms with E-state index in [9.17, 15) is 9.90 Å². The molecule has 1 aliphatic rings. The number of hydrogen-bond donors (Lipinski definition) is 1. The van der Waals surface area contributed by atoms with E-state index in [1.165, 1.54) is 0 Å². The molecule has 0 bridgehead atoms.